The van der Waals surface area contributed by atoms with Crippen LogP contribution in [0.5, 0.6) is 0 Å². The van der Waals surface area contributed by atoms with E-state index >= 15 is 0 Å². The normalized spacial score (nSPS) is 10.9. The number of nitrogens with zero attached hydrogens (tertiary/aromatic N) is 2. The number of hydrogen-bond acceptors (Lipinski definition) is 2. The van der Waals surface area contributed by atoms with Crippen LogP contribution in [0.3, 0.4) is 0 Å². The lowest BCUT2D eigenvalue weighted by Crippen LogP contribution is -2.05. The molecule has 0 saturated carbocycles. The summed E-state index contributed by atoms with van der Waals surface area (Å²) in [5, 5.41) is 10.0. The molecular weight excluding hydrogens is 299 g/mol. The summed E-state index contributed by atoms with van der Waals surface area (Å²) in [5.74, 6) is -0.647. The number of imidazole rings is 1. The first-order chi connectivity index (χ1) is 9.59. The van der Waals surface area contributed by atoms with Gasteiger partial charge in [0.05, 0.1) is 10.5 Å². The molecular formula is C14H8Cl2N2O2. The van der Waals surface area contributed by atoms with Crippen molar-refractivity contribution in [1.29, 1.82) is 0 Å². The molecule has 0 fully saturated rings. The summed E-state index contributed by atoms with van der Waals surface area (Å²) in [4.78, 5) is 15.6. The Labute approximate surface area is 124 Å². The highest BCUT2D eigenvalue weighted by atomic mass is 35.5. The van der Waals surface area contributed by atoms with Gasteiger partial charge in [-0.1, -0.05) is 41.4 Å². The van der Waals surface area contributed by atoms with Gasteiger partial charge in [-0.25, -0.2) is 9.78 Å². The zero-order chi connectivity index (χ0) is 14.3. The molecule has 3 aromatic rings. The van der Waals surface area contributed by atoms with Crippen LogP contribution >= 0.6 is 23.2 Å². The van der Waals surface area contributed by atoms with Crippen LogP contribution in [0.2, 0.25) is 10.2 Å². The molecule has 6 heteroatoms. The number of carbonyl (C=O) groups is 1. The van der Waals surface area contributed by atoms with Crippen LogP contribution in [0.15, 0.2) is 42.5 Å². The summed E-state index contributed by atoms with van der Waals surface area (Å²) >= 11 is 12.2. The molecule has 100 valence electrons. The first-order valence-electron chi connectivity index (χ1n) is 5.75. The zero-order valence-electron chi connectivity index (χ0n) is 10.0. The Bertz CT molecular complexity index is 827. The van der Waals surface area contributed by atoms with Crippen molar-refractivity contribution in [3.63, 3.8) is 0 Å². The van der Waals surface area contributed by atoms with E-state index in [9.17, 15) is 9.90 Å². The van der Waals surface area contributed by atoms with Gasteiger partial charge in [0.15, 0.2) is 5.15 Å². The van der Waals surface area contributed by atoms with Crippen molar-refractivity contribution in [2.24, 2.45) is 0 Å². The van der Waals surface area contributed by atoms with E-state index in [1.165, 1.54) is 10.5 Å². The number of hydrogen-bond donors (Lipinski definition) is 1. The molecule has 2 aromatic heterocycles. The smallest absolute Gasteiger partial charge is 0.352 e. The van der Waals surface area contributed by atoms with E-state index in [2.05, 4.69) is 4.98 Å². The molecule has 0 unspecified atom stereocenters. The van der Waals surface area contributed by atoms with Gasteiger partial charge in [0.1, 0.15) is 11.5 Å². The zero-order valence-corrected chi connectivity index (χ0v) is 11.6. The summed E-state index contributed by atoms with van der Waals surface area (Å²) < 4.78 is 1.49. The number of aromatic nitrogens is 2. The van der Waals surface area contributed by atoms with Gasteiger partial charge in [-0.3, -0.25) is 4.40 Å². The van der Waals surface area contributed by atoms with E-state index in [1.807, 2.05) is 0 Å². The lowest BCUT2D eigenvalue weighted by Gasteiger charge is -2.06. The van der Waals surface area contributed by atoms with E-state index in [4.69, 9.17) is 23.2 Å². The first kappa shape index (κ1) is 13.0. The molecule has 2 heterocycles. The van der Waals surface area contributed by atoms with Gasteiger partial charge in [-0.2, -0.15) is 0 Å². The fourth-order valence-corrected chi connectivity index (χ4v) is 2.54. The number of rotatable bonds is 2. The number of benzene rings is 1. The van der Waals surface area contributed by atoms with E-state index < -0.39 is 5.97 Å². The van der Waals surface area contributed by atoms with Crippen LogP contribution < -0.4 is 0 Å². The molecule has 0 saturated heterocycles. The third-order valence-corrected chi connectivity index (χ3v) is 3.56. The number of aromatic carboxylic acids is 1. The standard InChI is InChI=1S/C14H8Cl2N2O2/c15-9-5-2-1-4-8(9)13-17-12(16)10-6-3-7-11(14(19)20)18(10)13/h1-7H,(H,19,20). The van der Waals surface area contributed by atoms with Crippen LogP contribution in [0.1, 0.15) is 10.5 Å². The van der Waals surface area contributed by atoms with E-state index in [0.717, 1.165) is 0 Å². The molecule has 0 atom stereocenters. The SMILES string of the molecule is O=C(O)c1cccc2c(Cl)nc(-c3ccccc3Cl)n12. The largest absolute Gasteiger partial charge is 0.477 e. The van der Waals surface area contributed by atoms with Gasteiger partial charge in [0.25, 0.3) is 0 Å². The Morgan fingerprint density at radius 1 is 1.10 bits per heavy atom. The topological polar surface area (TPSA) is 54.6 Å². The van der Waals surface area contributed by atoms with E-state index in [0.29, 0.717) is 21.9 Å². The number of carboxylic acids is 1. The third-order valence-electron chi connectivity index (χ3n) is 2.95. The Kier molecular flexibility index (Phi) is 3.12. The number of carboxylic acid groups (broad SMARTS) is 1. The predicted molar refractivity (Wildman–Crippen MR) is 77.6 cm³/mol. The molecule has 1 aromatic carbocycles. The van der Waals surface area contributed by atoms with Gasteiger partial charge in [0.2, 0.25) is 0 Å². The van der Waals surface area contributed by atoms with Crippen molar-refractivity contribution < 1.29 is 9.90 Å². The number of fused-ring (bicyclic) bond motifs is 1. The quantitative estimate of drug-likeness (QED) is 0.778. The van der Waals surface area contributed by atoms with Gasteiger partial charge < -0.3 is 5.11 Å². The van der Waals surface area contributed by atoms with E-state index in [-0.39, 0.29) is 10.8 Å². The average molecular weight is 307 g/mol. The number of pyridine rings is 1. The lowest BCUT2D eigenvalue weighted by molar-refractivity contribution is 0.0689. The fraction of sp³-hybridized carbons (Fsp3) is 0. The Balaban J connectivity index is 2.43. The lowest BCUT2D eigenvalue weighted by atomic mass is 10.2. The molecule has 1 N–H and O–H groups in total. The Hall–Kier alpha value is -2.04. The van der Waals surface area contributed by atoms with Crippen molar-refractivity contribution in [3.8, 4) is 11.4 Å². The molecule has 0 amide bonds. The Morgan fingerprint density at radius 3 is 2.55 bits per heavy atom. The molecule has 0 bridgehead atoms. The second-order valence-electron chi connectivity index (χ2n) is 4.14. The van der Waals surface area contributed by atoms with Crippen LogP contribution in [-0.2, 0) is 0 Å². The van der Waals surface area contributed by atoms with Crippen molar-refractivity contribution in [3.05, 3.63) is 58.3 Å². The highest BCUT2D eigenvalue weighted by Crippen LogP contribution is 2.31. The van der Waals surface area contributed by atoms with Gasteiger partial charge in [-0.05, 0) is 24.3 Å². The minimum atomic E-state index is -1.06. The molecule has 0 radical (unpaired) electrons. The molecule has 0 spiro atoms. The minimum absolute atomic E-state index is 0.0804. The third kappa shape index (κ3) is 1.94. The summed E-state index contributed by atoms with van der Waals surface area (Å²) in [5.41, 5.74) is 1.24. The van der Waals surface area contributed by atoms with Gasteiger partial charge >= 0.3 is 5.97 Å². The van der Waals surface area contributed by atoms with E-state index in [1.54, 1.807) is 36.4 Å². The number of halogens is 2. The maximum absolute atomic E-state index is 11.4. The summed E-state index contributed by atoms with van der Waals surface area (Å²) in [6, 6.07) is 11.9. The summed E-state index contributed by atoms with van der Waals surface area (Å²) in [6.07, 6.45) is 0. The average Bonchev–Trinajstić information content (AvgIpc) is 2.77. The first-order valence-corrected chi connectivity index (χ1v) is 6.50. The van der Waals surface area contributed by atoms with Crippen molar-refractivity contribution in [2.45, 2.75) is 0 Å². The molecule has 3 rings (SSSR count). The predicted octanol–water partition coefficient (Wildman–Crippen LogP) is 4.01. The maximum Gasteiger partial charge on any atom is 0.352 e. The molecule has 0 aliphatic rings. The van der Waals surface area contributed by atoms with Crippen molar-refractivity contribution >= 4 is 34.7 Å². The molecule has 4 nitrogen and oxygen atoms in total. The summed E-state index contributed by atoms with van der Waals surface area (Å²) in [6.45, 7) is 0. The molecule has 0 aliphatic heterocycles. The monoisotopic (exact) mass is 306 g/mol. The second-order valence-corrected chi connectivity index (χ2v) is 4.91. The van der Waals surface area contributed by atoms with Crippen LogP contribution in [0, 0.1) is 0 Å². The van der Waals surface area contributed by atoms with Crippen molar-refractivity contribution in [2.75, 3.05) is 0 Å². The van der Waals surface area contributed by atoms with Crippen LogP contribution in [0.25, 0.3) is 16.9 Å². The highest BCUT2D eigenvalue weighted by molar-refractivity contribution is 6.34. The Morgan fingerprint density at radius 2 is 1.85 bits per heavy atom. The van der Waals surface area contributed by atoms with Gasteiger partial charge in [-0.15, -0.1) is 0 Å². The van der Waals surface area contributed by atoms with Crippen LogP contribution in [0.4, 0.5) is 0 Å². The molecule has 0 aliphatic carbocycles. The van der Waals surface area contributed by atoms with Crippen molar-refractivity contribution in [1.82, 2.24) is 9.38 Å². The van der Waals surface area contributed by atoms with Crippen LogP contribution in [-0.4, -0.2) is 20.5 Å². The molecule has 20 heavy (non-hydrogen) atoms. The highest BCUT2D eigenvalue weighted by Gasteiger charge is 2.18. The maximum atomic E-state index is 11.4. The summed E-state index contributed by atoms with van der Waals surface area (Å²) in [7, 11) is 0. The minimum Gasteiger partial charge on any atom is -0.477 e. The van der Waals surface area contributed by atoms with Gasteiger partial charge in [0, 0.05) is 5.56 Å². The second kappa shape index (κ2) is 4.81. The fourth-order valence-electron chi connectivity index (χ4n) is 2.09.